The van der Waals surface area contributed by atoms with Crippen molar-refractivity contribution in [2.45, 2.75) is 55.2 Å². The molecule has 0 atom stereocenters. The number of benzene rings is 3. The third-order valence-electron chi connectivity index (χ3n) is 4.71. The molecule has 0 heterocycles. The van der Waals surface area contributed by atoms with Crippen LogP contribution in [0.3, 0.4) is 0 Å². The van der Waals surface area contributed by atoms with E-state index >= 15 is 0 Å². The van der Waals surface area contributed by atoms with Crippen molar-refractivity contribution in [1.82, 2.24) is 0 Å². The van der Waals surface area contributed by atoms with E-state index in [1.807, 2.05) is 43.3 Å². The fourth-order valence-electron chi connectivity index (χ4n) is 3.74. The minimum absolute atomic E-state index is 0.149. The van der Waals surface area contributed by atoms with E-state index in [-0.39, 0.29) is 5.97 Å². The fraction of sp³-hybridized carbons (Fsp3) is 0.240. The van der Waals surface area contributed by atoms with Crippen LogP contribution in [-0.2, 0) is 8.98 Å². The minimum atomic E-state index is -2.18. The molecule has 28 heavy (non-hydrogen) atoms. The molecule has 3 rings (SSSR count). The molecule has 0 radical (unpaired) electrons. The van der Waals surface area contributed by atoms with Crippen molar-refractivity contribution in [3.63, 3.8) is 0 Å². The van der Waals surface area contributed by atoms with Gasteiger partial charge in [-0.3, -0.25) is 4.79 Å². The summed E-state index contributed by atoms with van der Waals surface area (Å²) in [6.45, 7) is 8.36. The van der Waals surface area contributed by atoms with Crippen LogP contribution >= 0.6 is 10.3 Å². The molecule has 3 aromatic carbocycles. The molecule has 0 bridgehead atoms. The van der Waals surface area contributed by atoms with Crippen LogP contribution in [0, 0.1) is 20.8 Å². The molecule has 0 fully saturated rings. The van der Waals surface area contributed by atoms with E-state index < -0.39 is 10.3 Å². The lowest BCUT2D eigenvalue weighted by Gasteiger charge is -2.41. The summed E-state index contributed by atoms with van der Waals surface area (Å²) in [6, 6.07) is 24.8. The summed E-state index contributed by atoms with van der Waals surface area (Å²) in [6.07, 6.45) is 1.18. The van der Waals surface area contributed by atoms with Crippen molar-refractivity contribution >= 4 is 16.3 Å². The van der Waals surface area contributed by atoms with Crippen molar-refractivity contribution < 1.29 is 8.98 Å². The van der Waals surface area contributed by atoms with Crippen LogP contribution in [0.4, 0.5) is 0 Å². The van der Waals surface area contributed by atoms with Gasteiger partial charge in [0.1, 0.15) is 0 Å². The topological polar surface area (TPSA) is 26.3 Å². The summed E-state index contributed by atoms with van der Waals surface area (Å²) in [5.41, 5.74) is 3.53. The molecule has 0 saturated heterocycles. The lowest BCUT2D eigenvalue weighted by atomic mass is 10.1. The molecule has 0 aromatic heterocycles. The van der Waals surface area contributed by atoms with Crippen LogP contribution in [0.2, 0.25) is 0 Å². The van der Waals surface area contributed by atoms with Crippen molar-refractivity contribution in [3.05, 3.63) is 89.5 Å². The van der Waals surface area contributed by atoms with Gasteiger partial charge in [-0.2, -0.15) is 0 Å². The molecule has 0 aliphatic rings. The summed E-state index contributed by atoms with van der Waals surface area (Å²) in [7, 11) is -2.18. The second-order valence-corrected chi connectivity index (χ2v) is 9.75. The molecular weight excluding hydrogens is 364 g/mol. The molecule has 0 aliphatic heterocycles. The van der Waals surface area contributed by atoms with E-state index in [2.05, 4.69) is 57.2 Å². The number of hydrogen-bond acceptors (Lipinski definition) is 2. The predicted octanol–water partition coefficient (Wildman–Crippen LogP) is 7.15. The maximum Gasteiger partial charge on any atom is 0.317 e. The van der Waals surface area contributed by atoms with Crippen molar-refractivity contribution in [2.24, 2.45) is 0 Å². The average molecular weight is 393 g/mol. The SMILES string of the molecule is CCCC(=O)OS(c1ccccc1)(c1ccccc1)c1c(C)cc(C)cc1C. The Kier molecular flexibility index (Phi) is 6.25. The molecule has 0 saturated carbocycles. The third kappa shape index (κ3) is 3.85. The van der Waals surface area contributed by atoms with E-state index in [9.17, 15) is 4.79 Å². The highest BCUT2D eigenvalue weighted by Gasteiger charge is 2.37. The smallest absolute Gasteiger partial charge is 0.317 e. The quantitative estimate of drug-likeness (QED) is 0.445. The Morgan fingerprint density at radius 2 is 1.29 bits per heavy atom. The molecule has 0 N–H and O–H groups in total. The first kappa shape index (κ1) is 20.2. The van der Waals surface area contributed by atoms with Crippen LogP contribution in [0.1, 0.15) is 36.5 Å². The van der Waals surface area contributed by atoms with Gasteiger partial charge < -0.3 is 4.18 Å². The molecule has 146 valence electrons. The first-order chi connectivity index (χ1) is 13.5. The monoisotopic (exact) mass is 392 g/mol. The van der Waals surface area contributed by atoms with E-state index in [0.717, 1.165) is 32.2 Å². The molecular formula is C25H28O2S. The molecule has 0 amide bonds. The lowest BCUT2D eigenvalue weighted by Crippen LogP contribution is -2.15. The number of carbonyl (C=O) groups is 1. The predicted molar refractivity (Wildman–Crippen MR) is 117 cm³/mol. The fourth-order valence-corrected chi connectivity index (χ4v) is 7.23. The van der Waals surface area contributed by atoms with E-state index in [0.29, 0.717) is 6.42 Å². The summed E-state index contributed by atoms with van der Waals surface area (Å²) in [4.78, 5) is 16.1. The van der Waals surface area contributed by atoms with E-state index in [1.54, 1.807) is 0 Å². The Morgan fingerprint density at radius 3 is 1.71 bits per heavy atom. The van der Waals surface area contributed by atoms with Crippen molar-refractivity contribution in [3.8, 4) is 0 Å². The van der Waals surface area contributed by atoms with Crippen LogP contribution in [0.5, 0.6) is 0 Å². The summed E-state index contributed by atoms with van der Waals surface area (Å²) in [5, 5.41) is 0. The zero-order chi connectivity index (χ0) is 20.1. The average Bonchev–Trinajstić information content (AvgIpc) is 2.68. The Bertz CT molecular complexity index is 886. The molecule has 3 heteroatoms. The summed E-state index contributed by atoms with van der Waals surface area (Å²) in [5.74, 6) is -0.149. The zero-order valence-corrected chi connectivity index (χ0v) is 17.9. The highest BCUT2D eigenvalue weighted by Crippen LogP contribution is 2.70. The maximum absolute atomic E-state index is 12.9. The van der Waals surface area contributed by atoms with Gasteiger partial charge in [-0.1, -0.05) is 61.0 Å². The van der Waals surface area contributed by atoms with Gasteiger partial charge in [-0.15, -0.1) is 0 Å². The van der Waals surface area contributed by atoms with Crippen LogP contribution in [-0.4, -0.2) is 5.97 Å². The van der Waals surface area contributed by atoms with Crippen LogP contribution in [0.25, 0.3) is 0 Å². The highest BCUT2D eigenvalue weighted by atomic mass is 32.3. The lowest BCUT2D eigenvalue weighted by molar-refractivity contribution is -0.133. The van der Waals surface area contributed by atoms with Gasteiger partial charge in [0.2, 0.25) is 0 Å². The Balaban J connectivity index is 2.39. The standard InChI is InChI=1S/C25H28O2S/c1-5-12-24(26)27-28(22-13-8-6-9-14-22,23-15-10-7-11-16-23)25-20(3)17-19(2)18-21(25)4/h6-11,13-18H,5,12H2,1-4H3. The first-order valence-electron chi connectivity index (χ1n) is 9.72. The first-order valence-corrected chi connectivity index (χ1v) is 11.3. The molecule has 0 spiro atoms. The van der Waals surface area contributed by atoms with Gasteiger partial charge >= 0.3 is 5.97 Å². The van der Waals surface area contributed by atoms with Crippen LogP contribution in [0.15, 0.2) is 87.5 Å². The Morgan fingerprint density at radius 1 is 0.821 bits per heavy atom. The third-order valence-corrected chi connectivity index (χ3v) is 8.24. The van der Waals surface area contributed by atoms with E-state index in [1.165, 1.54) is 5.56 Å². The number of carbonyl (C=O) groups excluding carboxylic acids is 1. The van der Waals surface area contributed by atoms with Gasteiger partial charge in [-0.05, 0) is 72.9 Å². The van der Waals surface area contributed by atoms with Crippen molar-refractivity contribution in [1.29, 1.82) is 0 Å². The Labute approximate surface area is 170 Å². The number of hydrogen-bond donors (Lipinski definition) is 0. The normalized spacial score (nSPS) is 11.9. The summed E-state index contributed by atoms with van der Waals surface area (Å²) < 4.78 is 6.48. The van der Waals surface area contributed by atoms with E-state index in [4.69, 9.17) is 4.18 Å². The second-order valence-electron chi connectivity index (χ2n) is 7.12. The van der Waals surface area contributed by atoms with Gasteiger partial charge in [0, 0.05) is 21.1 Å². The van der Waals surface area contributed by atoms with Crippen LogP contribution < -0.4 is 0 Å². The zero-order valence-electron chi connectivity index (χ0n) is 17.1. The Hall–Kier alpha value is -2.52. The van der Waals surface area contributed by atoms with Gasteiger partial charge in [0.25, 0.3) is 0 Å². The molecule has 0 unspecified atom stereocenters. The summed E-state index contributed by atoms with van der Waals surface area (Å²) >= 11 is 0. The largest absolute Gasteiger partial charge is 0.402 e. The molecule has 3 aromatic rings. The minimum Gasteiger partial charge on any atom is -0.402 e. The highest BCUT2D eigenvalue weighted by molar-refractivity contribution is 8.30. The van der Waals surface area contributed by atoms with Crippen molar-refractivity contribution in [2.75, 3.05) is 0 Å². The second kappa shape index (κ2) is 8.66. The number of rotatable bonds is 6. The molecule has 2 nitrogen and oxygen atoms in total. The van der Waals surface area contributed by atoms with Gasteiger partial charge in [0.15, 0.2) is 0 Å². The van der Waals surface area contributed by atoms with Gasteiger partial charge in [0.05, 0.1) is 0 Å². The molecule has 0 aliphatic carbocycles. The maximum atomic E-state index is 12.9. The van der Waals surface area contributed by atoms with Gasteiger partial charge in [-0.25, -0.2) is 0 Å². The number of aryl methyl sites for hydroxylation is 3.